The molecule has 0 spiro atoms. The van der Waals surface area contributed by atoms with E-state index in [4.69, 9.17) is 4.74 Å². The molecule has 1 aromatic rings. The van der Waals surface area contributed by atoms with Gasteiger partial charge in [0.1, 0.15) is 6.33 Å². The second-order valence-corrected chi connectivity index (χ2v) is 3.83. The van der Waals surface area contributed by atoms with Crippen LogP contribution >= 0.6 is 0 Å². The van der Waals surface area contributed by atoms with Gasteiger partial charge in [-0.2, -0.15) is 13.2 Å². The van der Waals surface area contributed by atoms with E-state index in [1.807, 2.05) is 0 Å². The maximum absolute atomic E-state index is 12.1. The van der Waals surface area contributed by atoms with Gasteiger partial charge in [-0.25, -0.2) is 9.97 Å². The summed E-state index contributed by atoms with van der Waals surface area (Å²) in [5.74, 6) is 0.399. The maximum atomic E-state index is 12.1. The molecule has 1 heterocycles. The third kappa shape index (κ3) is 4.87. The fourth-order valence-corrected chi connectivity index (χ4v) is 1.60. The number of methoxy groups -OCH3 is 1. The zero-order valence-electron chi connectivity index (χ0n) is 10.3. The van der Waals surface area contributed by atoms with Crippen molar-refractivity contribution in [2.75, 3.05) is 14.2 Å². The number of halogens is 3. The summed E-state index contributed by atoms with van der Waals surface area (Å²) in [7, 11) is 3.16. The molecule has 0 radical (unpaired) electrons. The topological polar surface area (TPSA) is 47.0 Å². The zero-order valence-corrected chi connectivity index (χ0v) is 10.3. The molecule has 18 heavy (non-hydrogen) atoms. The van der Waals surface area contributed by atoms with Gasteiger partial charge in [-0.3, -0.25) is 0 Å². The molecule has 0 saturated carbocycles. The lowest BCUT2D eigenvalue weighted by atomic mass is 10.1. The van der Waals surface area contributed by atoms with E-state index in [2.05, 4.69) is 15.3 Å². The Kier molecular flexibility index (Phi) is 5.33. The van der Waals surface area contributed by atoms with Crippen LogP contribution < -0.4 is 10.1 Å². The van der Waals surface area contributed by atoms with E-state index < -0.39 is 12.6 Å². The molecule has 0 bridgehead atoms. The third-order valence-corrected chi connectivity index (χ3v) is 2.53. The van der Waals surface area contributed by atoms with E-state index in [-0.39, 0.29) is 12.5 Å². The monoisotopic (exact) mass is 263 g/mol. The Morgan fingerprint density at radius 3 is 2.67 bits per heavy atom. The maximum Gasteiger partial charge on any atom is 0.389 e. The van der Waals surface area contributed by atoms with Gasteiger partial charge in [0.2, 0.25) is 5.88 Å². The Balaban J connectivity index is 2.59. The van der Waals surface area contributed by atoms with Crippen LogP contribution in [-0.2, 0) is 0 Å². The summed E-state index contributed by atoms with van der Waals surface area (Å²) < 4.78 is 41.1. The van der Waals surface area contributed by atoms with Crippen LogP contribution in [0.4, 0.5) is 13.2 Å². The highest BCUT2D eigenvalue weighted by Gasteiger charge is 2.27. The summed E-state index contributed by atoms with van der Waals surface area (Å²) in [5.41, 5.74) is 0.631. The minimum absolute atomic E-state index is 0.0569. The highest BCUT2D eigenvalue weighted by molar-refractivity contribution is 5.16. The van der Waals surface area contributed by atoms with Crippen molar-refractivity contribution in [1.82, 2.24) is 15.3 Å². The largest absolute Gasteiger partial charge is 0.481 e. The van der Waals surface area contributed by atoms with Crippen LogP contribution in [0, 0.1) is 0 Å². The lowest BCUT2D eigenvalue weighted by molar-refractivity contribution is -0.135. The second kappa shape index (κ2) is 6.53. The molecule has 0 aliphatic rings. The summed E-state index contributed by atoms with van der Waals surface area (Å²) in [6.07, 6.45) is -3.14. The van der Waals surface area contributed by atoms with Crippen molar-refractivity contribution in [3.05, 3.63) is 18.1 Å². The SMILES string of the molecule is CNC(CCCC(F)(F)F)c1cc(OC)ncn1. The average Bonchev–Trinajstić information content (AvgIpc) is 2.33. The Hall–Kier alpha value is -1.37. The fourth-order valence-electron chi connectivity index (χ4n) is 1.60. The van der Waals surface area contributed by atoms with E-state index >= 15 is 0 Å². The minimum atomic E-state index is -4.11. The number of rotatable bonds is 6. The number of hydrogen-bond donors (Lipinski definition) is 1. The van der Waals surface area contributed by atoms with E-state index in [9.17, 15) is 13.2 Å². The van der Waals surface area contributed by atoms with Gasteiger partial charge in [-0.1, -0.05) is 0 Å². The fraction of sp³-hybridized carbons (Fsp3) is 0.636. The van der Waals surface area contributed by atoms with Crippen LogP contribution in [0.3, 0.4) is 0 Å². The van der Waals surface area contributed by atoms with Crippen LogP contribution in [0.5, 0.6) is 5.88 Å². The van der Waals surface area contributed by atoms with E-state index in [0.29, 0.717) is 18.0 Å². The molecule has 0 saturated heterocycles. The molecule has 0 aliphatic carbocycles. The predicted octanol–water partition coefficient (Wildman–Crippen LogP) is 2.48. The molecular formula is C11H16F3N3O. The van der Waals surface area contributed by atoms with Gasteiger partial charge in [0.15, 0.2) is 0 Å². The normalized spacial score (nSPS) is 13.4. The standard InChI is InChI=1S/C11H16F3N3O/c1-15-8(4-3-5-11(12,13)14)9-6-10(18-2)17-7-16-9/h6-8,15H,3-5H2,1-2H3. The summed E-state index contributed by atoms with van der Waals surface area (Å²) in [5, 5.41) is 2.94. The highest BCUT2D eigenvalue weighted by Crippen LogP contribution is 2.26. The first-order valence-corrected chi connectivity index (χ1v) is 5.56. The minimum Gasteiger partial charge on any atom is -0.481 e. The Labute approximate surface area is 104 Å². The summed E-state index contributed by atoms with van der Waals surface area (Å²) in [6, 6.07) is 1.39. The molecule has 1 rings (SSSR count). The number of alkyl halides is 3. The average molecular weight is 263 g/mol. The lowest BCUT2D eigenvalue weighted by Gasteiger charge is -2.16. The molecule has 1 atom stereocenters. The van der Waals surface area contributed by atoms with Crippen molar-refractivity contribution < 1.29 is 17.9 Å². The van der Waals surface area contributed by atoms with Crippen molar-refractivity contribution in [2.24, 2.45) is 0 Å². The molecule has 0 aromatic carbocycles. The Morgan fingerprint density at radius 1 is 1.39 bits per heavy atom. The molecule has 102 valence electrons. The third-order valence-electron chi connectivity index (χ3n) is 2.53. The summed E-state index contributed by atoms with van der Waals surface area (Å²) in [4.78, 5) is 7.89. The number of hydrogen-bond acceptors (Lipinski definition) is 4. The van der Waals surface area contributed by atoms with Gasteiger partial charge >= 0.3 is 6.18 Å². The summed E-state index contributed by atoms with van der Waals surface area (Å²) >= 11 is 0. The molecule has 1 aromatic heterocycles. The molecule has 7 heteroatoms. The van der Waals surface area contributed by atoms with Gasteiger partial charge in [0.05, 0.1) is 12.8 Å². The van der Waals surface area contributed by atoms with Gasteiger partial charge in [0, 0.05) is 18.5 Å². The van der Waals surface area contributed by atoms with Crippen molar-refractivity contribution in [2.45, 2.75) is 31.5 Å². The van der Waals surface area contributed by atoms with E-state index in [1.165, 1.54) is 13.4 Å². The number of nitrogens with one attached hydrogen (secondary N) is 1. The lowest BCUT2D eigenvalue weighted by Crippen LogP contribution is -2.19. The first-order chi connectivity index (χ1) is 8.46. The molecule has 4 nitrogen and oxygen atoms in total. The van der Waals surface area contributed by atoms with Crippen LogP contribution in [-0.4, -0.2) is 30.3 Å². The van der Waals surface area contributed by atoms with E-state index in [0.717, 1.165) is 0 Å². The van der Waals surface area contributed by atoms with Crippen molar-refractivity contribution in [1.29, 1.82) is 0 Å². The number of aromatic nitrogens is 2. The predicted molar refractivity (Wildman–Crippen MR) is 60.3 cm³/mol. The van der Waals surface area contributed by atoms with Gasteiger partial charge in [-0.15, -0.1) is 0 Å². The molecule has 1 N–H and O–H groups in total. The van der Waals surface area contributed by atoms with Crippen LogP contribution in [0.2, 0.25) is 0 Å². The first kappa shape index (κ1) is 14.7. The van der Waals surface area contributed by atoms with Crippen LogP contribution in [0.25, 0.3) is 0 Å². The summed E-state index contributed by atoms with van der Waals surface area (Å²) in [6.45, 7) is 0. The molecule has 0 amide bonds. The smallest absolute Gasteiger partial charge is 0.389 e. The van der Waals surface area contributed by atoms with Gasteiger partial charge in [-0.05, 0) is 19.9 Å². The quantitative estimate of drug-likeness (QED) is 0.856. The van der Waals surface area contributed by atoms with E-state index in [1.54, 1.807) is 13.1 Å². The van der Waals surface area contributed by atoms with Crippen molar-refractivity contribution in [3.8, 4) is 5.88 Å². The molecule has 0 fully saturated rings. The van der Waals surface area contributed by atoms with Crippen LogP contribution in [0.1, 0.15) is 31.0 Å². The zero-order chi connectivity index (χ0) is 13.6. The Morgan fingerprint density at radius 2 is 2.11 bits per heavy atom. The van der Waals surface area contributed by atoms with Gasteiger partial charge < -0.3 is 10.1 Å². The highest BCUT2D eigenvalue weighted by atomic mass is 19.4. The Bertz CT molecular complexity index is 371. The van der Waals surface area contributed by atoms with Crippen LogP contribution in [0.15, 0.2) is 12.4 Å². The number of nitrogens with zero attached hydrogens (tertiary/aromatic N) is 2. The van der Waals surface area contributed by atoms with Crippen molar-refractivity contribution in [3.63, 3.8) is 0 Å². The van der Waals surface area contributed by atoms with Gasteiger partial charge in [0.25, 0.3) is 0 Å². The number of ether oxygens (including phenoxy) is 1. The molecule has 1 unspecified atom stereocenters. The van der Waals surface area contributed by atoms with Crippen molar-refractivity contribution >= 4 is 0 Å². The molecule has 0 aliphatic heterocycles. The second-order valence-electron chi connectivity index (χ2n) is 3.83. The molecular weight excluding hydrogens is 247 g/mol. The first-order valence-electron chi connectivity index (χ1n) is 5.56.